The zero-order chi connectivity index (χ0) is 13.6. The molecule has 0 spiro atoms. The van der Waals surface area contributed by atoms with Crippen molar-refractivity contribution < 1.29 is 0 Å². The summed E-state index contributed by atoms with van der Waals surface area (Å²) in [7, 11) is 0. The molecule has 0 atom stereocenters. The van der Waals surface area contributed by atoms with Crippen LogP contribution in [0.2, 0.25) is 0 Å². The van der Waals surface area contributed by atoms with Gasteiger partial charge in [0.15, 0.2) is 0 Å². The third-order valence-electron chi connectivity index (χ3n) is 3.89. The van der Waals surface area contributed by atoms with Gasteiger partial charge in [0, 0.05) is 11.8 Å². The van der Waals surface area contributed by atoms with E-state index >= 15 is 0 Å². The van der Waals surface area contributed by atoms with E-state index in [9.17, 15) is 0 Å². The average molecular weight is 250 g/mol. The number of nitrogens with one attached hydrogen (secondary N) is 1. The molecule has 0 aliphatic carbocycles. The van der Waals surface area contributed by atoms with Crippen LogP contribution in [-0.4, -0.2) is 9.97 Å². The Hall–Kier alpha value is -2.09. The van der Waals surface area contributed by atoms with Crippen LogP contribution < -0.4 is 0 Å². The normalized spacial score (nSPS) is 11.2. The summed E-state index contributed by atoms with van der Waals surface area (Å²) in [5.74, 6) is 0. The third kappa shape index (κ3) is 1.84. The van der Waals surface area contributed by atoms with Gasteiger partial charge in [0.2, 0.25) is 0 Å². The average Bonchev–Trinajstić information content (AvgIpc) is 2.73. The first-order valence-corrected chi connectivity index (χ1v) is 6.60. The Bertz CT molecular complexity index is 766. The van der Waals surface area contributed by atoms with Crippen LogP contribution in [0.1, 0.15) is 22.3 Å². The summed E-state index contributed by atoms with van der Waals surface area (Å²) < 4.78 is 0. The lowest BCUT2D eigenvalue weighted by Crippen LogP contribution is -1.93. The van der Waals surface area contributed by atoms with Crippen LogP contribution >= 0.6 is 0 Å². The number of pyridine rings is 1. The first-order valence-electron chi connectivity index (χ1n) is 6.60. The molecule has 0 radical (unpaired) electrons. The minimum Gasteiger partial charge on any atom is -0.360 e. The second kappa shape index (κ2) is 4.23. The van der Waals surface area contributed by atoms with Crippen LogP contribution in [0, 0.1) is 27.7 Å². The summed E-state index contributed by atoms with van der Waals surface area (Å²) in [6, 6.07) is 8.60. The van der Waals surface area contributed by atoms with E-state index in [1.54, 1.807) is 0 Å². The number of H-pyrrole nitrogens is 1. The molecule has 0 saturated carbocycles. The molecule has 0 aliphatic rings. The van der Waals surface area contributed by atoms with Crippen LogP contribution in [0.15, 0.2) is 30.5 Å². The van der Waals surface area contributed by atoms with Gasteiger partial charge in [0.1, 0.15) is 0 Å². The van der Waals surface area contributed by atoms with Gasteiger partial charge in [-0.2, -0.15) is 0 Å². The maximum Gasteiger partial charge on any atom is 0.0915 e. The molecule has 0 aliphatic heterocycles. The van der Waals surface area contributed by atoms with Gasteiger partial charge < -0.3 is 4.98 Å². The van der Waals surface area contributed by atoms with Gasteiger partial charge in [0.25, 0.3) is 0 Å². The summed E-state index contributed by atoms with van der Waals surface area (Å²) in [6.45, 7) is 8.53. The van der Waals surface area contributed by atoms with Crippen LogP contribution in [0.5, 0.6) is 0 Å². The van der Waals surface area contributed by atoms with Crippen molar-refractivity contribution in [2.24, 2.45) is 0 Å². The summed E-state index contributed by atoms with van der Waals surface area (Å²) in [5.41, 5.74) is 9.54. The second-order valence-corrected chi connectivity index (χ2v) is 5.27. The molecule has 0 saturated heterocycles. The number of aryl methyl sites for hydroxylation is 3. The summed E-state index contributed by atoms with van der Waals surface area (Å²) in [5, 5.41) is 0. The largest absolute Gasteiger partial charge is 0.360 e. The fourth-order valence-corrected chi connectivity index (χ4v) is 2.56. The number of nitrogens with zero attached hydrogens (tertiary/aromatic N) is 1. The Morgan fingerprint density at radius 3 is 2.53 bits per heavy atom. The van der Waals surface area contributed by atoms with E-state index in [1.807, 2.05) is 6.20 Å². The first-order chi connectivity index (χ1) is 9.08. The molecule has 1 aromatic carbocycles. The minimum absolute atomic E-state index is 1.07. The van der Waals surface area contributed by atoms with Crippen molar-refractivity contribution in [1.29, 1.82) is 0 Å². The molecule has 1 N–H and O–H groups in total. The molecule has 0 bridgehead atoms. The molecule has 2 heteroatoms. The number of rotatable bonds is 1. The lowest BCUT2D eigenvalue weighted by Gasteiger charge is -2.11. The molecule has 96 valence electrons. The molecule has 2 heterocycles. The van der Waals surface area contributed by atoms with Crippen LogP contribution in [0.4, 0.5) is 0 Å². The number of hydrogen-bond acceptors (Lipinski definition) is 1. The smallest absolute Gasteiger partial charge is 0.0915 e. The van der Waals surface area contributed by atoms with Gasteiger partial charge in [-0.05, 0) is 56.0 Å². The number of aromatic nitrogens is 2. The van der Waals surface area contributed by atoms with E-state index in [1.165, 1.54) is 27.8 Å². The zero-order valence-electron chi connectivity index (χ0n) is 11.8. The topological polar surface area (TPSA) is 28.7 Å². The highest BCUT2D eigenvalue weighted by molar-refractivity contribution is 5.84. The monoisotopic (exact) mass is 250 g/mol. The lowest BCUT2D eigenvalue weighted by atomic mass is 9.98. The van der Waals surface area contributed by atoms with E-state index in [0.29, 0.717) is 0 Å². The van der Waals surface area contributed by atoms with Gasteiger partial charge in [0.05, 0.1) is 16.7 Å². The fraction of sp³-hybridized carbons (Fsp3) is 0.235. The molecule has 3 aromatic rings. The van der Waals surface area contributed by atoms with E-state index in [0.717, 1.165) is 16.7 Å². The standard InChI is InChI=1S/C17H18N2/c1-10-6-5-7-14(13(10)4)16-11(2)8-15-17(19-16)12(3)9-18-15/h5-9,18H,1-4H3. The molecule has 19 heavy (non-hydrogen) atoms. The summed E-state index contributed by atoms with van der Waals surface area (Å²) >= 11 is 0. The highest BCUT2D eigenvalue weighted by Crippen LogP contribution is 2.29. The second-order valence-electron chi connectivity index (χ2n) is 5.27. The maximum absolute atomic E-state index is 4.88. The first kappa shape index (κ1) is 12.0. The van der Waals surface area contributed by atoms with Crippen molar-refractivity contribution in [1.82, 2.24) is 9.97 Å². The number of hydrogen-bond donors (Lipinski definition) is 1. The predicted molar refractivity (Wildman–Crippen MR) is 80.5 cm³/mol. The number of aromatic amines is 1. The molecule has 3 rings (SSSR count). The molecule has 0 fully saturated rings. The van der Waals surface area contributed by atoms with Crippen molar-refractivity contribution in [2.75, 3.05) is 0 Å². The minimum atomic E-state index is 1.07. The summed E-state index contributed by atoms with van der Waals surface area (Å²) in [6.07, 6.45) is 2.02. The van der Waals surface area contributed by atoms with Gasteiger partial charge >= 0.3 is 0 Å². The van der Waals surface area contributed by atoms with Crippen molar-refractivity contribution in [3.63, 3.8) is 0 Å². The van der Waals surface area contributed by atoms with Gasteiger partial charge in [-0.15, -0.1) is 0 Å². The lowest BCUT2D eigenvalue weighted by molar-refractivity contribution is 1.27. The quantitative estimate of drug-likeness (QED) is 0.678. The van der Waals surface area contributed by atoms with E-state index in [4.69, 9.17) is 4.98 Å². The third-order valence-corrected chi connectivity index (χ3v) is 3.89. The molecular weight excluding hydrogens is 232 g/mol. The van der Waals surface area contributed by atoms with Gasteiger partial charge in [-0.1, -0.05) is 18.2 Å². The predicted octanol–water partition coefficient (Wildman–Crippen LogP) is 4.46. The Balaban J connectivity index is 2.32. The highest BCUT2D eigenvalue weighted by atomic mass is 14.8. The van der Waals surface area contributed by atoms with Gasteiger partial charge in [-0.3, -0.25) is 0 Å². The Morgan fingerprint density at radius 2 is 1.74 bits per heavy atom. The SMILES string of the molecule is Cc1cc2[nH]cc(C)c2nc1-c1cccc(C)c1C. The van der Waals surface area contributed by atoms with Crippen LogP contribution in [-0.2, 0) is 0 Å². The van der Waals surface area contributed by atoms with E-state index in [-0.39, 0.29) is 0 Å². The van der Waals surface area contributed by atoms with Crippen molar-refractivity contribution >= 4 is 11.0 Å². The van der Waals surface area contributed by atoms with Gasteiger partial charge in [-0.25, -0.2) is 4.98 Å². The van der Waals surface area contributed by atoms with Crippen LogP contribution in [0.25, 0.3) is 22.3 Å². The maximum atomic E-state index is 4.88. The van der Waals surface area contributed by atoms with Crippen molar-refractivity contribution in [3.05, 3.63) is 52.7 Å². The highest BCUT2D eigenvalue weighted by Gasteiger charge is 2.11. The van der Waals surface area contributed by atoms with Crippen molar-refractivity contribution in [3.8, 4) is 11.3 Å². The number of benzene rings is 1. The molecule has 2 nitrogen and oxygen atoms in total. The Kier molecular flexibility index (Phi) is 2.67. The molecule has 2 aromatic heterocycles. The zero-order valence-corrected chi connectivity index (χ0v) is 11.8. The Morgan fingerprint density at radius 1 is 0.947 bits per heavy atom. The van der Waals surface area contributed by atoms with E-state index < -0.39 is 0 Å². The fourth-order valence-electron chi connectivity index (χ4n) is 2.56. The Labute approximate surface area is 113 Å². The van der Waals surface area contributed by atoms with Crippen molar-refractivity contribution in [2.45, 2.75) is 27.7 Å². The molecule has 0 amide bonds. The molecular formula is C17H18N2. The summed E-state index contributed by atoms with van der Waals surface area (Å²) in [4.78, 5) is 8.15. The molecule has 0 unspecified atom stereocenters. The van der Waals surface area contributed by atoms with Crippen LogP contribution in [0.3, 0.4) is 0 Å². The van der Waals surface area contributed by atoms with E-state index in [2.05, 4.69) is 56.9 Å². The number of fused-ring (bicyclic) bond motifs is 1.